The topological polar surface area (TPSA) is 66.9 Å². The fourth-order valence-electron chi connectivity index (χ4n) is 3.38. The molecule has 6 nitrogen and oxygen atoms in total. The van der Waals surface area contributed by atoms with Crippen molar-refractivity contribution in [2.45, 2.75) is 19.9 Å². The van der Waals surface area contributed by atoms with Gasteiger partial charge in [0.05, 0.1) is 12.2 Å². The highest BCUT2D eigenvalue weighted by Gasteiger charge is 2.17. The van der Waals surface area contributed by atoms with Crippen LogP contribution in [0.5, 0.6) is 0 Å². The molecule has 0 radical (unpaired) electrons. The number of ether oxygens (including phenoxy) is 1. The summed E-state index contributed by atoms with van der Waals surface area (Å²) in [5, 5.41) is 1.13. The molecular formula is C21H23N5O. The normalized spacial score (nSPS) is 11.3. The molecule has 3 heterocycles. The molecule has 4 rings (SSSR count). The van der Waals surface area contributed by atoms with Gasteiger partial charge in [0.15, 0.2) is 5.82 Å². The number of hydrogen-bond donors (Lipinski definition) is 1. The lowest BCUT2D eigenvalue weighted by molar-refractivity contribution is 0.196. The SMILES string of the molecule is COCCCN(Cc1ccccn1)c1ncnc2c1[nH]c1ccc(C)cc12. The van der Waals surface area contributed by atoms with E-state index >= 15 is 0 Å². The van der Waals surface area contributed by atoms with Crippen LogP contribution in [0.15, 0.2) is 48.9 Å². The third-order valence-electron chi connectivity index (χ3n) is 4.67. The number of hydrogen-bond acceptors (Lipinski definition) is 5. The number of nitrogens with one attached hydrogen (secondary N) is 1. The summed E-state index contributed by atoms with van der Waals surface area (Å²) in [6, 6.07) is 12.4. The molecular weight excluding hydrogens is 338 g/mol. The van der Waals surface area contributed by atoms with Gasteiger partial charge >= 0.3 is 0 Å². The number of aryl methyl sites for hydroxylation is 1. The summed E-state index contributed by atoms with van der Waals surface area (Å²) < 4.78 is 5.24. The Morgan fingerprint density at radius 3 is 2.85 bits per heavy atom. The number of H-pyrrole nitrogens is 1. The molecule has 0 aliphatic rings. The molecule has 0 aliphatic carbocycles. The molecule has 0 unspecified atom stereocenters. The van der Waals surface area contributed by atoms with Gasteiger partial charge in [0.1, 0.15) is 17.4 Å². The third-order valence-corrected chi connectivity index (χ3v) is 4.67. The van der Waals surface area contributed by atoms with E-state index < -0.39 is 0 Å². The summed E-state index contributed by atoms with van der Waals surface area (Å²) in [4.78, 5) is 19.4. The molecule has 1 aromatic carbocycles. The first-order chi connectivity index (χ1) is 13.3. The van der Waals surface area contributed by atoms with Gasteiger partial charge in [-0.15, -0.1) is 0 Å². The molecule has 1 N–H and O–H groups in total. The summed E-state index contributed by atoms with van der Waals surface area (Å²) >= 11 is 0. The van der Waals surface area contributed by atoms with Gasteiger partial charge in [0.2, 0.25) is 0 Å². The lowest BCUT2D eigenvalue weighted by Crippen LogP contribution is -2.26. The predicted octanol–water partition coefficient (Wildman–Crippen LogP) is 3.86. The molecule has 0 saturated carbocycles. The molecule has 0 spiro atoms. The van der Waals surface area contributed by atoms with Crippen molar-refractivity contribution in [2.75, 3.05) is 25.2 Å². The van der Waals surface area contributed by atoms with Crippen molar-refractivity contribution in [3.63, 3.8) is 0 Å². The molecule has 0 amide bonds. The Balaban J connectivity index is 1.78. The van der Waals surface area contributed by atoms with Crippen LogP contribution in [0.4, 0.5) is 5.82 Å². The molecule has 0 aliphatic heterocycles. The van der Waals surface area contributed by atoms with Gasteiger partial charge in [-0.25, -0.2) is 9.97 Å². The largest absolute Gasteiger partial charge is 0.385 e. The smallest absolute Gasteiger partial charge is 0.156 e. The molecule has 138 valence electrons. The predicted molar refractivity (Wildman–Crippen MR) is 108 cm³/mol. The number of benzene rings is 1. The van der Waals surface area contributed by atoms with Crippen molar-refractivity contribution in [2.24, 2.45) is 0 Å². The van der Waals surface area contributed by atoms with E-state index in [0.717, 1.165) is 46.4 Å². The zero-order valence-electron chi connectivity index (χ0n) is 15.6. The Bertz CT molecular complexity index is 1040. The molecule has 4 aromatic rings. The maximum Gasteiger partial charge on any atom is 0.156 e. The van der Waals surface area contributed by atoms with Crippen molar-refractivity contribution in [1.29, 1.82) is 0 Å². The number of anilines is 1. The van der Waals surface area contributed by atoms with Gasteiger partial charge in [-0.2, -0.15) is 0 Å². The van der Waals surface area contributed by atoms with Crippen molar-refractivity contribution in [3.05, 3.63) is 60.2 Å². The number of fused-ring (bicyclic) bond motifs is 3. The summed E-state index contributed by atoms with van der Waals surface area (Å²) in [6.45, 7) is 4.31. The average Bonchev–Trinajstić information content (AvgIpc) is 3.06. The van der Waals surface area contributed by atoms with E-state index in [1.165, 1.54) is 5.56 Å². The summed E-state index contributed by atoms with van der Waals surface area (Å²) in [5.41, 5.74) is 5.22. The van der Waals surface area contributed by atoms with Gasteiger partial charge in [-0.1, -0.05) is 17.7 Å². The highest BCUT2D eigenvalue weighted by molar-refractivity contribution is 6.08. The number of methoxy groups -OCH3 is 1. The second kappa shape index (κ2) is 7.72. The fourth-order valence-corrected chi connectivity index (χ4v) is 3.38. The number of rotatable bonds is 7. The van der Waals surface area contributed by atoms with Gasteiger partial charge in [-0.05, 0) is 37.6 Å². The average molecular weight is 361 g/mol. The summed E-state index contributed by atoms with van der Waals surface area (Å²) in [5.74, 6) is 0.899. The molecule has 6 heteroatoms. The zero-order chi connectivity index (χ0) is 18.6. The van der Waals surface area contributed by atoms with Crippen LogP contribution in [0, 0.1) is 6.92 Å². The standard InChI is InChI=1S/C21H23N5O/c1-15-7-8-18-17(12-15)19-20(25-18)21(24-14-23-19)26(10-5-11-27-2)13-16-6-3-4-9-22-16/h3-4,6-9,12,14,25H,5,10-11,13H2,1-2H3. The first-order valence-electron chi connectivity index (χ1n) is 9.13. The third kappa shape index (κ3) is 3.61. The molecule has 0 fully saturated rings. The van der Waals surface area contributed by atoms with E-state index in [4.69, 9.17) is 4.74 Å². The molecule has 0 saturated heterocycles. The molecule has 0 atom stereocenters. The Labute approximate surface area is 158 Å². The van der Waals surface area contributed by atoms with E-state index in [0.29, 0.717) is 13.2 Å². The van der Waals surface area contributed by atoms with Crippen LogP contribution >= 0.6 is 0 Å². The van der Waals surface area contributed by atoms with Crippen LogP contribution in [0.2, 0.25) is 0 Å². The monoisotopic (exact) mass is 361 g/mol. The van der Waals surface area contributed by atoms with E-state index in [1.807, 2.05) is 24.4 Å². The molecule has 0 bridgehead atoms. The Morgan fingerprint density at radius 2 is 2.04 bits per heavy atom. The van der Waals surface area contributed by atoms with Gasteiger partial charge in [0, 0.05) is 37.4 Å². The van der Waals surface area contributed by atoms with E-state index in [1.54, 1.807) is 13.4 Å². The summed E-state index contributed by atoms with van der Waals surface area (Å²) in [7, 11) is 1.73. The van der Waals surface area contributed by atoms with Crippen LogP contribution < -0.4 is 4.90 Å². The van der Waals surface area contributed by atoms with Crippen LogP contribution in [-0.4, -0.2) is 40.2 Å². The number of aromatic nitrogens is 4. The first-order valence-corrected chi connectivity index (χ1v) is 9.13. The van der Waals surface area contributed by atoms with Crippen molar-refractivity contribution >= 4 is 27.8 Å². The lowest BCUT2D eigenvalue weighted by Gasteiger charge is -2.23. The van der Waals surface area contributed by atoms with Gasteiger partial charge in [-0.3, -0.25) is 4.98 Å². The highest BCUT2D eigenvalue weighted by Crippen LogP contribution is 2.30. The Hall–Kier alpha value is -2.99. The van der Waals surface area contributed by atoms with Crippen molar-refractivity contribution in [1.82, 2.24) is 19.9 Å². The van der Waals surface area contributed by atoms with E-state index in [9.17, 15) is 0 Å². The maximum absolute atomic E-state index is 5.24. The zero-order valence-corrected chi connectivity index (χ0v) is 15.6. The van der Waals surface area contributed by atoms with Gasteiger partial charge in [0.25, 0.3) is 0 Å². The quantitative estimate of drug-likeness (QED) is 0.506. The minimum absolute atomic E-state index is 0.686. The Kier molecular flexibility index (Phi) is 4.98. The van der Waals surface area contributed by atoms with Crippen LogP contribution in [0.3, 0.4) is 0 Å². The van der Waals surface area contributed by atoms with E-state index in [-0.39, 0.29) is 0 Å². The Morgan fingerprint density at radius 1 is 1.11 bits per heavy atom. The van der Waals surface area contributed by atoms with E-state index in [2.05, 4.69) is 50.0 Å². The van der Waals surface area contributed by atoms with Gasteiger partial charge < -0.3 is 14.6 Å². The molecule has 27 heavy (non-hydrogen) atoms. The minimum atomic E-state index is 0.686. The second-order valence-electron chi connectivity index (χ2n) is 6.68. The molecule has 3 aromatic heterocycles. The highest BCUT2D eigenvalue weighted by atomic mass is 16.5. The second-order valence-corrected chi connectivity index (χ2v) is 6.68. The number of nitrogens with zero attached hydrogens (tertiary/aromatic N) is 4. The van der Waals surface area contributed by atoms with Crippen molar-refractivity contribution < 1.29 is 4.74 Å². The minimum Gasteiger partial charge on any atom is -0.385 e. The van der Waals surface area contributed by atoms with Crippen LogP contribution in [0.25, 0.3) is 21.9 Å². The number of aromatic amines is 1. The van der Waals surface area contributed by atoms with Crippen LogP contribution in [-0.2, 0) is 11.3 Å². The lowest BCUT2D eigenvalue weighted by atomic mass is 10.1. The van der Waals surface area contributed by atoms with Crippen molar-refractivity contribution in [3.8, 4) is 0 Å². The maximum atomic E-state index is 5.24. The fraction of sp³-hybridized carbons (Fsp3) is 0.286. The first kappa shape index (κ1) is 17.4. The number of pyridine rings is 1. The summed E-state index contributed by atoms with van der Waals surface area (Å²) in [6.07, 6.45) is 4.38. The van der Waals surface area contributed by atoms with Crippen LogP contribution in [0.1, 0.15) is 17.7 Å².